The molecule has 1 heterocycles. The first kappa shape index (κ1) is 16.8. The van der Waals surface area contributed by atoms with Crippen molar-refractivity contribution >= 4 is 6.09 Å². The lowest BCUT2D eigenvalue weighted by Crippen LogP contribution is -2.35. The van der Waals surface area contributed by atoms with E-state index in [1.54, 1.807) is 7.05 Å². The van der Waals surface area contributed by atoms with Crippen molar-refractivity contribution in [2.24, 2.45) is 0 Å². The minimum atomic E-state index is -0.512. The molecule has 7 heteroatoms. The Morgan fingerprint density at radius 2 is 1.70 bits per heavy atom. The van der Waals surface area contributed by atoms with Crippen molar-refractivity contribution in [1.29, 1.82) is 0 Å². The highest BCUT2D eigenvalue weighted by Crippen LogP contribution is 2.11. The number of likely N-dealkylation sites (N-methyl/N-ethyl adjacent to an activating group) is 1. The fourth-order valence-electron chi connectivity index (χ4n) is 1.75. The van der Waals surface area contributed by atoms with E-state index in [2.05, 4.69) is 20.4 Å². The predicted molar refractivity (Wildman–Crippen MR) is 85.6 cm³/mol. The molecule has 1 amide bonds. The van der Waals surface area contributed by atoms with E-state index in [-0.39, 0.29) is 6.09 Å². The molecule has 0 N–H and O–H groups in total. The highest BCUT2D eigenvalue weighted by Gasteiger charge is 2.19. The van der Waals surface area contributed by atoms with Crippen molar-refractivity contribution in [3.8, 4) is 11.4 Å². The Balaban J connectivity index is 1.90. The van der Waals surface area contributed by atoms with E-state index in [1.165, 1.54) is 4.90 Å². The normalized spacial score (nSPS) is 11.1. The minimum Gasteiger partial charge on any atom is -0.444 e. The molecule has 0 aliphatic heterocycles. The summed E-state index contributed by atoms with van der Waals surface area (Å²) in [4.78, 5) is 13.3. The third-order valence-electron chi connectivity index (χ3n) is 2.93. The van der Waals surface area contributed by atoms with Crippen LogP contribution in [0.5, 0.6) is 0 Å². The van der Waals surface area contributed by atoms with Crippen molar-refractivity contribution < 1.29 is 9.53 Å². The van der Waals surface area contributed by atoms with E-state index >= 15 is 0 Å². The molecule has 0 fully saturated rings. The summed E-state index contributed by atoms with van der Waals surface area (Å²) in [7, 11) is 1.67. The van der Waals surface area contributed by atoms with E-state index in [4.69, 9.17) is 4.74 Å². The Bertz CT molecular complexity index is 638. The van der Waals surface area contributed by atoms with Gasteiger partial charge in [-0.2, -0.15) is 0 Å². The molecule has 1 aromatic carbocycles. The molecule has 23 heavy (non-hydrogen) atoms. The first-order valence-electron chi connectivity index (χ1n) is 7.41. The second-order valence-corrected chi connectivity index (χ2v) is 6.16. The molecule has 0 saturated carbocycles. The number of carbonyl (C=O) groups is 1. The Kier molecular flexibility index (Phi) is 5.20. The Morgan fingerprint density at radius 3 is 2.26 bits per heavy atom. The molecule has 7 nitrogen and oxygen atoms in total. The summed E-state index contributed by atoms with van der Waals surface area (Å²) in [6.45, 7) is 5.93. The molecule has 2 aromatic rings. The van der Waals surface area contributed by atoms with Gasteiger partial charge in [-0.1, -0.05) is 30.3 Å². The Labute approximate surface area is 135 Å². The van der Waals surface area contributed by atoms with Gasteiger partial charge in [-0.3, -0.25) is 0 Å². The minimum absolute atomic E-state index is 0.376. The number of aromatic nitrogens is 4. The summed E-state index contributed by atoms with van der Waals surface area (Å²) in [5.74, 6) is 0.968. The van der Waals surface area contributed by atoms with Gasteiger partial charge in [0.1, 0.15) is 5.60 Å². The van der Waals surface area contributed by atoms with Gasteiger partial charge in [0.25, 0.3) is 0 Å². The molecule has 0 atom stereocenters. The molecular formula is C16H21N5O2. The molecule has 0 aliphatic rings. The third kappa shape index (κ3) is 5.28. The van der Waals surface area contributed by atoms with Crippen LogP contribution in [-0.2, 0) is 11.2 Å². The number of benzene rings is 1. The number of ether oxygens (including phenoxy) is 1. The summed E-state index contributed by atoms with van der Waals surface area (Å²) in [5.41, 5.74) is 0.354. The Hall–Kier alpha value is -2.57. The fourth-order valence-corrected chi connectivity index (χ4v) is 1.75. The second kappa shape index (κ2) is 7.13. The van der Waals surface area contributed by atoms with Crippen LogP contribution in [-0.4, -0.2) is 50.6 Å². The SMILES string of the molecule is CN(CCc1nnc(-c2ccccc2)nn1)C(=O)OC(C)(C)C. The molecule has 0 saturated heterocycles. The van der Waals surface area contributed by atoms with Crippen LogP contribution in [0.2, 0.25) is 0 Å². The number of nitrogens with zero attached hydrogens (tertiary/aromatic N) is 5. The molecule has 0 spiro atoms. The van der Waals surface area contributed by atoms with Crippen LogP contribution < -0.4 is 0 Å². The number of hydrogen-bond acceptors (Lipinski definition) is 6. The Morgan fingerprint density at radius 1 is 1.09 bits per heavy atom. The fraction of sp³-hybridized carbons (Fsp3) is 0.438. The zero-order chi connectivity index (χ0) is 16.9. The smallest absolute Gasteiger partial charge is 0.410 e. The number of hydrogen-bond donors (Lipinski definition) is 0. The topological polar surface area (TPSA) is 81.1 Å². The molecule has 0 bridgehead atoms. The largest absolute Gasteiger partial charge is 0.444 e. The summed E-state index contributed by atoms with van der Waals surface area (Å²) in [6, 6.07) is 9.53. The molecule has 0 unspecified atom stereocenters. The predicted octanol–water partition coefficient (Wildman–Crippen LogP) is 2.34. The number of carbonyl (C=O) groups excluding carboxylic acids is 1. The lowest BCUT2D eigenvalue weighted by molar-refractivity contribution is 0.0300. The first-order chi connectivity index (χ1) is 10.8. The summed E-state index contributed by atoms with van der Waals surface area (Å²) < 4.78 is 5.28. The molecule has 0 radical (unpaired) electrons. The van der Waals surface area contributed by atoms with Gasteiger partial charge in [0, 0.05) is 25.6 Å². The van der Waals surface area contributed by atoms with Gasteiger partial charge >= 0.3 is 6.09 Å². The van der Waals surface area contributed by atoms with E-state index in [1.807, 2.05) is 51.1 Å². The zero-order valence-electron chi connectivity index (χ0n) is 13.9. The van der Waals surface area contributed by atoms with Crippen LogP contribution in [0.1, 0.15) is 26.6 Å². The summed E-state index contributed by atoms with van der Waals surface area (Å²) >= 11 is 0. The van der Waals surface area contributed by atoms with E-state index < -0.39 is 5.60 Å². The van der Waals surface area contributed by atoms with Crippen LogP contribution in [0, 0.1) is 0 Å². The maximum Gasteiger partial charge on any atom is 0.410 e. The van der Waals surface area contributed by atoms with Gasteiger partial charge in [-0.25, -0.2) is 4.79 Å². The number of amides is 1. The highest BCUT2D eigenvalue weighted by atomic mass is 16.6. The quantitative estimate of drug-likeness (QED) is 0.861. The van der Waals surface area contributed by atoms with Gasteiger partial charge in [0.15, 0.2) is 5.82 Å². The average Bonchev–Trinajstić information content (AvgIpc) is 2.52. The second-order valence-electron chi connectivity index (χ2n) is 6.16. The molecular weight excluding hydrogens is 294 g/mol. The first-order valence-corrected chi connectivity index (χ1v) is 7.41. The van der Waals surface area contributed by atoms with Crippen molar-refractivity contribution in [1.82, 2.24) is 25.3 Å². The van der Waals surface area contributed by atoms with Crippen molar-refractivity contribution in [3.05, 3.63) is 36.2 Å². The van der Waals surface area contributed by atoms with Crippen LogP contribution >= 0.6 is 0 Å². The zero-order valence-corrected chi connectivity index (χ0v) is 13.9. The van der Waals surface area contributed by atoms with E-state index in [0.29, 0.717) is 24.6 Å². The van der Waals surface area contributed by atoms with Gasteiger partial charge in [-0.05, 0) is 20.8 Å². The lowest BCUT2D eigenvalue weighted by atomic mass is 10.2. The standard InChI is InChI=1S/C16H21N5O2/c1-16(2,3)23-15(22)21(4)11-10-13-17-19-14(20-18-13)12-8-6-5-7-9-12/h5-9H,10-11H2,1-4H3. The molecule has 1 aromatic heterocycles. The van der Waals surface area contributed by atoms with E-state index in [9.17, 15) is 4.79 Å². The van der Waals surface area contributed by atoms with Crippen LogP contribution in [0.3, 0.4) is 0 Å². The third-order valence-corrected chi connectivity index (χ3v) is 2.93. The van der Waals surface area contributed by atoms with Crippen molar-refractivity contribution in [2.75, 3.05) is 13.6 Å². The molecule has 122 valence electrons. The molecule has 0 aliphatic carbocycles. The average molecular weight is 315 g/mol. The van der Waals surface area contributed by atoms with Crippen molar-refractivity contribution in [3.63, 3.8) is 0 Å². The maximum atomic E-state index is 11.9. The van der Waals surface area contributed by atoms with E-state index in [0.717, 1.165) is 5.56 Å². The van der Waals surface area contributed by atoms with Crippen LogP contribution in [0.4, 0.5) is 4.79 Å². The van der Waals surface area contributed by atoms with Gasteiger partial charge in [-0.15, -0.1) is 20.4 Å². The van der Waals surface area contributed by atoms with Crippen molar-refractivity contribution in [2.45, 2.75) is 32.8 Å². The highest BCUT2D eigenvalue weighted by molar-refractivity contribution is 5.67. The maximum absolute atomic E-state index is 11.9. The number of rotatable bonds is 4. The van der Waals surface area contributed by atoms with Gasteiger partial charge < -0.3 is 9.64 Å². The molecule has 2 rings (SSSR count). The summed E-state index contributed by atoms with van der Waals surface area (Å²) in [6.07, 6.45) is 0.0875. The van der Waals surface area contributed by atoms with Crippen LogP contribution in [0.25, 0.3) is 11.4 Å². The van der Waals surface area contributed by atoms with Crippen LogP contribution in [0.15, 0.2) is 30.3 Å². The van der Waals surface area contributed by atoms with Gasteiger partial charge in [0.05, 0.1) is 0 Å². The lowest BCUT2D eigenvalue weighted by Gasteiger charge is -2.24. The van der Waals surface area contributed by atoms with Gasteiger partial charge in [0.2, 0.25) is 5.82 Å². The summed E-state index contributed by atoms with van der Waals surface area (Å²) in [5, 5.41) is 16.3. The monoisotopic (exact) mass is 315 g/mol.